The van der Waals surface area contributed by atoms with Crippen molar-refractivity contribution in [3.63, 3.8) is 0 Å². The number of benzene rings is 3. The fourth-order valence-electron chi connectivity index (χ4n) is 3.78. The van der Waals surface area contributed by atoms with E-state index < -0.39 is 22.5 Å². The van der Waals surface area contributed by atoms with Crippen molar-refractivity contribution >= 4 is 27.8 Å². The molecule has 0 aromatic heterocycles. The van der Waals surface area contributed by atoms with Crippen molar-refractivity contribution in [1.29, 1.82) is 0 Å². The number of nitrogens with one attached hydrogen (secondary N) is 1. The molecular formula is C27H31N3O7S. The Kier molecular flexibility index (Phi) is 9.19. The molecule has 0 spiro atoms. The van der Waals surface area contributed by atoms with Crippen LogP contribution in [0.4, 0.5) is 5.69 Å². The molecule has 3 aromatic carbocycles. The number of anilines is 1. The van der Waals surface area contributed by atoms with Crippen molar-refractivity contribution in [1.82, 2.24) is 5.43 Å². The van der Waals surface area contributed by atoms with Crippen LogP contribution in [0.2, 0.25) is 0 Å². The Morgan fingerprint density at radius 1 is 0.842 bits per heavy atom. The topological polar surface area (TPSA) is 116 Å². The van der Waals surface area contributed by atoms with Gasteiger partial charge in [-0.05, 0) is 61.4 Å². The molecule has 0 fully saturated rings. The standard InChI is InChI=1S/C27H31N3O7S/c1-18-11-19(2)13-21(12-18)30(38(32,33)23-9-10-24(35-4)26(15-23)37-6)17-27(31)29-28-16-20-7-8-22(34-3)14-25(20)36-5/h7-16H,17H2,1-6H3,(H,29,31)/b28-16-. The second-order valence-electron chi connectivity index (χ2n) is 8.28. The van der Waals surface area contributed by atoms with E-state index in [-0.39, 0.29) is 10.6 Å². The molecule has 10 nitrogen and oxygen atoms in total. The highest BCUT2D eigenvalue weighted by molar-refractivity contribution is 7.92. The maximum Gasteiger partial charge on any atom is 0.264 e. The van der Waals surface area contributed by atoms with E-state index in [1.807, 2.05) is 19.9 Å². The van der Waals surface area contributed by atoms with Crippen molar-refractivity contribution < 1.29 is 32.2 Å². The summed E-state index contributed by atoms with van der Waals surface area (Å²) < 4.78 is 49.6. The van der Waals surface area contributed by atoms with Gasteiger partial charge in [0.1, 0.15) is 18.0 Å². The van der Waals surface area contributed by atoms with Crippen LogP contribution in [0, 0.1) is 13.8 Å². The van der Waals surface area contributed by atoms with Gasteiger partial charge in [0.05, 0.1) is 45.2 Å². The van der Waals surface area contributed by atoms with Gasteiger partial charge in [-0.3, -0.25) is 9.10 Å². The van der Waals surface area contributed by atoms with Crippen LogP contribution in [0.5, 0.6) is 23.0 Å². The molecule has 0 aliphatic rings. The first-order valence-corrected chi connectivity index (χ1v) is 12.9. The maximum absolute atomic E-state index is 13.8. The maximum atomic E-state index is 13.8. The van der Waals surface area contributed by atoms with Gasteiger partial charge in [0.15, 0.2) is 11.5 Å². The Morgan fingerprint density at radius 3 is 2.11 bits per heavy atom. The highest BCUT2D eigenvalue weighted by Crippen LogP contribution is 2.32. The third-order valence-electron chi connectivity index (χ3n) is 5.56. The normalized spacial score (nSPS) is 11.2. The Labute approximate surface area is 222 Å². The van der Waals surface area contributed by atoms with Crippen molar-refractivity contribution in [2.75, 3.05) is 39.3 Å². The molecule has 0 bridgehead atoms. The molecule has 1 amide bonds. The molecule has 0 radical (unpaired) electrons. The second-order valence-corrected chi connectivity index (χ2v) is 10.1. The fourth-order valence-corrected chi connectivity index (χ4v) is 5.20. The number of hydrogen-bond donors (Lipinski definition) is 1. The first-order valence-electron chi connectivity index (χ1n) is 11.5. The molecule has 0 aliphatic heterocycles. The monoisotopic (exact) mass is 541 g/mol. The number of carbonyl (C=O) groups excluding carboxylic acids is 1. The zero-order valence-corrected chi connectivity index (χ0v) is 23.0. The van der Waals surface area contributed by atoms with Crippen molar-refractivity contribution in [3.8, 4) is 23.0 Å². The molecule has 0 atom stereocenters. The number of carbonyl (C=O) groups is 1. The number of rotatable bonds is 11. The van der Waals surface area contributed by atoms with Gasteiger partial charge < -0.3 is 18.9 Å². The lowest BCUT2D eigenvalue weighted by Gasteiger charge is -2.25. The van der Waals surface area contributed by atoms with Crippen LogP contribution in [0.25, 0.3) is 0 Å². The van der Waals surface area contributed by atoms with E-state index >= 15 is 0 Å². The third-order valence-corrected chi connectivity index (χ3v) is 7.33. The van der Waals surface area contributed by atoms with Crippen LogP contribution in [-0.2, 0) is 14.8 Å². The molecule has 1 N–H and O–H groups in total. The van der Waals surface area contributed by atoms with Crippen LogP contribution in [0.3, 0.4) is 0 Å². The largest absolute Gasteiger partial charge is 0.497 e. The summed E-state index contributed by atoms with van der Waals surface area (Å²) in [6.45, 7) is 3.19. The van der Waals surface area contributed by atoms with Gasteiger partial charge in [-0.1, -0.05) is 6.07 Å². The first-order chi connectivity index (χ1) is 18.1. The summed E-state index contributed by atoms with van der Waals surface area (Å²) in [7, 11) is 1.74. The number of methoxy groups -OCH3 is 4. The van der Waals surface area contributed by atoms with Gasteiger partial charge >= 0.3 is 0 Å². The highest BCUT2D eigenvalue weighted by Gasteiger charge is 2.28. The van der Waals surface area contributed by atoms with Gasteiger partial charge in [0.2, 0.25) is 0 Å². The summed E-state index contributed by atoms with van der Waals surface area (Å²) in [6.07, 6.45) is 1.40. The zero-order chi connectivity index (χ0) is 27.9. The highest BCUT2D eigenvalue weighted by atomic mass is 32.2. The Bertz CT molecular complexity index is 1420. The number of aryl methyl sites for hydroxylation is 2. The van der Waals surface area contributed by atoms with E-state index in [0.717, 1.165) is 15.4 Å². The molecule has 38 heavy (non-hydrogen) atoms. The lowest BCUT2D eigenvalue weighted by Crippen LogP contribution is -2.39. The van der Waals surface area contributed by atoms with E-state index in [9.17, 15) is 13.2 Å². The SMILES string of the molecule is COc1ccc(/C=N\NC(=O)CN(c2cc(C)cc(C)c2)S(=O)(=O)c2ccc(OC)c(OC)c2)c(OC)c1. The average Bonchev–Trinajstić information content (AvgIpc) is 2.90. The Balaban J connectivity index is 1.92. The second kappa shape index (κ2) is 12.3. The van der Waals surface area contributed by atoms with E-state index in [0.29, 0.717) is 28.5 Å². The number of nitrogens with zero attached hydrogens (tertiary/aromatic N) is 2. The van der Waals surface area contributed by atoms with E-state index in [4.69, 9.17) is 18.9 Å². The summed E-state index contributed by atoms with van der Waals surface area (Å²) >= 11 is 0. The van der Waals surface area contributed by atoms with Gasteiger partial charge in [0, 0.05) is 17.7 Å². The number of amides is 1. The predicted molar refractivity (Wildman–Crippen MR) is 145 cm³/mol. The smallest absolute Gasteiger partial charge is 0.264 e. The summed E-state index contributed by atoms with van der Waals surface area (Å²) in [6, 6.07) is 14.7. The van der Waals surface area contributed by atoms with Crippen molar-refractivity contribution in [3.05, 3.63) is 71.3 Å². The third kappa shape index (κ3) is 6.54. The van der Waals surface area contributed by atoms with E-state index in [2.05, 4.69) is 10.5 Å². The molecular weight excluding hydrogens is 510 g/mol. The Morgan fingerprint density at radius 2 is 1.50 bits per heavy atom. The van der Waals surface area contributed by atoms with Crippen LogP contribution in [0.1, 0.15) is 16.7 Å². The summed E-state index contributed by atoms with van der Waals surface area (Å²) in [5.74, 6) is 1.08. The number of hydrogen-bond acceptors (Lipinski definition) is 8. The summed E-state index contributed by atoms with van der Waals surface area (Å²) in [4.78, 5) is 12.9. The zero-order valence-electron chi connectivity index (χ0n) is 22.1. The molecule has 0 aliphatic carbocycles. The minimum absolute atomic E-state index is 0.0615. The quantitative estimate of drug-likeness (QED) is 0.291. The van der Waals surface area contributed by atoms with Crippen LogP contribution < -0.4 is 28.7 Å². The molecule has 11 heteroatoms. The minimum atomic E-state index is -4.18. The molecule has 3 aromatic rings. The number of ether oxygens (including phenoxy) is 4. The summed E-state index contributed by atoms with van der Waals surface area (Å²) in [5.41, 5.74) is 5.02. The Hall–Kier alpha value is -4.25. The lowest BCUT2D eigenvalue weighted by atomic mass is 10.1. The van der Waals surface area contributed by atoms with Crippen LogP contribution in [-0.4, -0.2) is 55.5 Å². The van der Waals surface area contributed by atoms with E-state index in [1.54, 1.807) is 37.4 Å². The predicted octanol–water partition coefficient (Wildman–Crippen LogP) is 3.68. The molecule has 202 valence electrons. The molecule has 0 saturated carbocycles. The first kappa shape index (κ1) is 28.3. The van der Waals surface area contributed by atoms with Crippen LogP contribution >= 0.6 is 0 Å². The van der Waals surface area contributed by atoms with Crippen molar-refractivity contribution in [2.24, 2.45) is 5.10 Å². The van der Waals surface area contributed by atoms with Gasteiger partial charge in [-0.15, -0.1) is 0 Å². The molecule has 0 unspecified atom stereocenters. The summed E-state index contributed by atoms with van der Waals surface area (Å²) in [5, 5.41) is 3.99. The lowest BCUT2D eigenvalue weighted by molar-refractivity contribution is -0.119. The average molecular weight is 542 g/mol. The van der Waals surface area contributed by atoms with E-state index in [1.165, 1.54) is 45.7 Å². The van der Waals surface area contributed by atoms with Crippen LogP contribution in [0.15, 0.2) is 64.6 Å². The fraction of sp³-hybridized carbons (Fsp3) is 0.259. The number of sulfonamides is 1. The van der Waals surface area contributed by atoms with Gasteiger partial charge in [-0.25, -0.2) is 13.8 Å². The van der Waals surface area contributed by atoms with Gasteiger partial charge in [0.25, 0.3) is 15.9 Å². The van der Waals surface area contributed by atoms with Gasteiger partial charge in [-0.2, -0.15) is 5.10 Å². The molecule has 0 heterocycles. The minimum Gasteiger partial charge on any atom is -0.497 e. The van der Waals surface area contributed by atoms with Crippen molar-refractivity contribution in [2.45, 2.75) is 18.7 Å². The number of hydrazone groups is 1. The molecule has 0 saturated heterocycles. The molecule has 3 rings (SSSR count).